The number of nitro benzene ring substituents is 1. The Labute approximate surface area is 189 Å². The van der Waals surface area contributed by atoms with Crippen LogP contribution in [0.3, 0.4) is 0 Å². The Morgan fingerprint density at radius 3 is 2.53 bits per heavy atom. The van der Waals surface area contributed by atoms with Crippen molar-refractivity contribution in [1.82, 2.24) is 0 Å². The molecule has 0 radical (unpaired) electrons. The van der Waals surface area contributed by atoms with Gasteiger partial charge in [0.25, 0.3) is 5.69 Å². The van der Waals surface area contributed by atoms with E-state index in [4.69, 9.17) is 16.3 Å². The van der Waals surface area contributed by atoms with E-state index in [0.29, 0.717) is 34.0 Å². The number of nitrogens with zero attached hydrogens (tertiary/aromatic N) is 2. The molecule has 0 amide bonds. The zero-order valence-corrected chi connectivity index (χ0v) is 18.3. The number of benzene rings is 2. The van der Waals surface area contributed by atoms with E-state index < -0.39 is 22.7 Å². The lowest BCUT2D eigenvalue weighted by molar-refractivity contribution is -0.384. The number of carbonyl (C=O) groups is 2. The zero-order chi connectivity index (χ0) is 23.0. The summed E-state index contributed by atoms with van der Waals surface area (Å²) in [5.41, 5.74) is 3.00. The summed E-state index contributed by atoms with van der Waals surface area (Å²) in [6.07, 6.45) is 0.785. The summed E-state index contributed by atoms with van der Waals surface area (Å²) in [6, 6.07) is 13.5. The lowest BCUT2D eigenvalue weighted by Gasteiger charge is -2.36. The van der Waals surface area contributed by atoms with Crippen LogP contribution in [-0.2, 0) is 14.3 Å². The van der Waals surface area contributed by atoms with Crippen LogP contribution in [0.1, 0.15) is 42.7 Å². The van der Waals surface area contributed by atoms with E-state index in [0.717, 1.165) is 5.56 Å². The van der Waals surface area contributed by atoms with Gasteiger partial charge in [0.1, 0.15) is 5.92 Å². The Bertz CT molecular complexity index is 1170. The van der Waals surface area contributed by atoms with E-state index >= 15 is 0 Å². The summed E-state index contributed by atoms with van der Waals surface area (Å²) in [4.78, 5) is 41.6. The number of Topliss-reactive ketones (excluding diaryl/α,β-unsaturated/α-hetero) is 1. The van der Waals surface area contributed by atoms with E-state index in [1.807, 2.05) is 12.1 Å². The SMILES string of the molecule is COC(=O)C1C(C)=NC2=C(C(=O)C[C@@H](c3ccc(Cl)cc3)C2)[C@H]1c1cccc([N+](=O)[O-])c1. The molecule has 0 fully saturated rings. The molecule has 2 aliphatic rings. The summed E-state index contributed by atoms with van der Waals surface area (Å²) in [7, 11) is 1.28. The second-order valence-electron chi connectivity index (χ2n) is 8.02. The van der Waals surface area contributed by atoms with Crippen molar-refractivity contribution in [3.05, 3.63) is 86.1 Å². The number of carbonyl (C=O) groups excluding carboxylic acids is 2. The molecule has 0 saturated heterocycles. The predicted molar refractivity (Wildman–Crippen MR) is 120 cm³/mol. The van der Waals surface area contributed by atoms with Crippen molar-refractivity contribution in [3.8, 4) is 0 Å². The number of nitro groups is 1. The fourth-order valence-corrected chi connectivity index (χ4v) is 4.78. The zero-order valence-electron chi connectivity index (χ0n) is 17.6. The van der Waals surface area contributed by atoms with Crippen molar-refractivity contribution in [1.29, 1.82) is 0 Å². The van der Waals surface area contributed by atoms with Gasteiger partial charge in [-0.1, -0.05) is 35.9 Å². The number of non-ortho nitro benzene ring substituents is 1. The third-order valence-corrected chi connectivity index (χ3v) is 6.38. The van der Waals surface area contributed by atoms with Gasteiger partial charge in [0.05, 0.1) is 12.0 Å². The van der Waals surface area contributed by atoms with E-state index in [2.05, 4.69) is 4.99 Å². The Balaban J connectivity index is 1.82. The van der Waals surface area contributed by atoms with Gasteiger partial charge in [-0.15, -0.1) is 0 Å². The molecule has 1 aliphatic carbocycles. The van der Waals surface area contributed by atoms with Crippen LogP contribution in [0.25, 0.3) is 0 Å². The molecule has 0 aromatic heterocycles. The van der Waals surface area contributed by atoms with E-state index in [-0.39, 0.29) is 23.8 Å². The van der Waals surface area contributed by atoms with Gasteiger partial charge < -0.3 is 4.74 Å². The Morgan fingerprint density at radius 2 is 1.88 bits per heavy atom. The van der Waals surface area contributed by atoms with Gasteiger partial charge in [-0.25, -0.2) is 0 Å². The number of ether oxygens (including phenoxy) is 1. The number of hydrogen-bond acceptors (Lipinski definition) is 6. The maximum atomic E-state index is 13.4. The van der Waals surface area contributed by atoms with E-state index in [1.165, 1.54) is 19.2 Å². The highest BCUT2D eigenvalue weighted by Crippen LogP contribution is 2.47. The van der Waals surface area contributed by atoms with Crippen molar-refractivity contribution in [2.75, 3.05) is 7.11 Å². The summed E-state index contributed by atoms with van der Waals surface area (Å²) in [6.45, 7) is 1.73. The smallest absolute Gasteiger partial charge is 0.315 e. The normalized spacial score (nSPS) is 22.8. The molecular formula is C24H21ClN2O5. The third-order valence-electron chi connectivity index (χ3n) is 6.13. The Kier molecular flexibility index (Phi) is 5.93. The quantitative estimate of drug-likeness (QED) is 0.369. The molecule has 7 nitrogen and oxygen atoms in total. The largest absolute Gasteiger partial charge is 0.468 e. The molecule has 1 unspecified atom stereocenters. The van der Waals surface area contributed by atoms with Crippen LogP contribution in [0.2, 0.25) is 5.02 Å². The molecule has 1 heterocycles. The van der Waals surface area contributed by atoms with Crippen LogP contribution in [-0.4, -0.2) is 29.5 Å². The molecule has 2 aromatic carbocycles. The van der Waals surface area contributed by atoms with E-state index in [1.54, 1.807) is 31.2 Å². The number of methoxy groups -OCH3 is 1. The first kappa shape index (κ1) is 21.9. The number of aliphatic imine (C=N–C) groups is 1. The van der Waals surface area contributed by atoms with Crippen molar-refractivity contribution >= 4 is 34.8 Å². The number of hydrogen-bond donors (Lipinski definition) is 0. The number of esters is 1. The first-order valence-electron chi connectivity index (χ1n) is 10.2. The van der Waals surface area contributed by atoms with E-state index in [9.17, 15) is 19.7 Å². The summed E-state index contributed by atoms with van der Waals surface area (Å²) in [5.74, 6) is -2.21. The summed E-state index contributed by atoms with van der Waals surface area (Å²) in [5, 5.41) is 12.0. The fraction of sp³-hybridized carbons (Fsp3) is 0.292. The summed E-state index contributed by atoms with van der Waals surface area (Å²) >= 11 is 6.00. The molecule has 1 aliphatic heterocycles. The van der Waals surface area contributed by atoms with Gasteiger partial charge in [0.15, 0.2) is 5.78 Å². The van der Waals surface area contributed by atoms with Crippen LogP contribution < -0.4 is 0 Å². The highest BCUT2D eigenvalue weighted by Gasteiger charge is 2.44. The lowest BCUT2D eigenvalue weighted by atomic mass is 9.69. The average Bonchev–Trinajstić information content (AvgIpc) is 2.78. The van der Waals surface area contributed by atoms with Crippen LogP contribution in [0.4, 0.5) is 5.69 Å². The van der Waals surface area contributed by atoms with Crippen LogP contribution in [0.15, 0.2) is 64.8 Å². The Morgan fingerprint density at radius 1 is 1.16 bits per heavy atom. The molecular weight excluding hydrogens is 432 g/mol. The molecule has 0 N–H and O–H groups in total. The second kappa shape index (κ2) is 8.67. The van der Waals surface area contributed by atoms with Crippen LogP contribution >= 0.6 is 11.6 Å². The molecule has 164 valence electrons. The van der Waals surface area contributed by atoms with Crippen molar-refractivity contribution < 1.29 is 19.2 Å². The first-order chi connectivity index (χ1) is 15.3. The predicted octanol–water partition coefficient (Wildman–Crippen LogP) is 5.00. The van der Waals surface area contributed by atoms with Crippen molar-refractivity contribution in [3.63, 3.8) is 0 Å². The molecule has 3 atom stereocenters. The Hall–Kier alpha value is -3.32. The standard InChI is InChI=1S/C24H21ClN2O5/c1-13-21(24(29)32-2)22(15-4-3-5-18(10-15)27(30)31)23-19(26-13)11-16(12-20(23)28)14-6-8-17(25)9-7-14/h3-10,16,21-22H,11-12H2,1-2H3/t16-,21?,22-/m0/s1. The van der Waals surface area contributed by atoms with Gasteiger partial charge in [0.2, 0.25) is 0 Å². The van der Waals surface area contributed by atoms with Gasteiger partial charge in [-0.05, 0) is 42.5 Å². The molecule has 0 saturated carbocycles. The van der Waals surface area contributed by atoms with Crippen LogP contribution in [0, 0.1) is 16.0 Å². The molecule has 4 rings (SSSR count). The highest BCUT2D eigenvalue weighted by atomic mass is 35.5. The molecule has 2 aromatic rings. The van der Waals surface area contributed by atoms with Gasteiger partial charge in [-0.2, -0.15) is 0 Å². The fourth-order valence-electron chi connectivity index (χ4n) is 4.65. The number of allylic oxidation sites excluding steroid dienone is 2. The molecule has 0 bridgehead atoms. The second-order valence-corrected chi connectivity index (χ2v) is 8.46. The highest BCUT2D eigenvalue weighted by molar-refractivity contribution is 6.30. The minimum Gasteiger partial charge on any atom is -0.468 e. The first-order valence-corrected chi connectivity index (χ1v) is 10.6. The summed E-state index contributed by atoms with van der Waals surface area (Å²) < 4.78 is 5.01. The molecule has 0 spiro atoms. The number of rotatable bonds is 4. The topological polar surface area (TPSA) is 98.9 Å². The van der Waals surface area contributed by atoms with Gasteiger partial charge in [0, 0.05) is 46.5 Å². The minimum atomic E-state index is -0.822. The third kappa shape index (κ3) is 3.96. The van der Waals surface area contributed by atoms with Crippen molar-refractivity contribution in [2.45, 2.75) is 31.6 Å². The maximum Gasteiger partial charge on any atom is 0.315 e. The maximum absolute atomic E-state index is 13.4. The minimum absolute atomic E-state index is 0.0597. The number of halogens is 1. The van der Waals surface area contributed by atoms with Gasteiger partial charge in [-0.3, -0.25) is 24.7 Å². The monoisotopic (exact) mass is 452 g/mol. The van der Waals surface area contributed by atoms with Crippen molar-refractivity contribution in [2.24, 2.45) is 10.9 Å². The van der Waals surface area contributed by atoms with Crippen LogP contribution in [0.5, 0.6) is 0 Å². The molecule has 8 heteroatoms. The number of ketones is 1. The molecule has 32 heavy (non-hydrogen) atoms. The van der Waals surface area contributed by atoms with Gasteiger partial charge >= 0.3 is 5.97 Å². The average molecular weight is 453 g/mol. The lowest BCUT2D eigenvalue weighted by Crippen LogP contribution is -2.37.